The predicted octanol–water partition coefficient (Wildman–Crippen LogP) is -2.99. The third kappa shape index (κ3) is 146. The summed E-state index contributed by atoms with van der Waals surface area (Å²) in [5, 5.41) is 0. The van der Waals surface area contributed by atoms with Crippen LogP contribution in [0.1, 0.15) is 0 Å². The van der Waals surface area contributed by atoms with Crippen LogP contribution in [0.2, 0.25) is 0 Å². The van der Waals surface area contributed by atoms with Crippen LogP contribution >= 0.6 is 0 Å². The van der Waals surface area contributed by atoms with Crippen molar-refractivity contribution in [3.05, 3.63) is 0 Å². The molecule has 0 aromatic rings. The quantitative estimate of drug-likeness (QED) is 0.332. The van der Waals surface area contributed by atoms with Crippen molar-refractivity contribution in [3.8, 4) is 0 Å². The van der Waals surface area contributed by atoms with Gasteiger partial charge in [0.25, 0.3) is 0 Å². The van der Waals surface area contributed by atoms with E-state index in [9.17, 15) is 0 Å². The molecule has 0 spiro atoms. The van der Waals surface area contributed by atoms with Gasteiger partial charge in [0, 0.05) is 35.0 Å². The molecule has 0 aliphatic carbocycles. The Hall–Kier alpha value is 1.13. The molecule has 0 rings (SSSR count). The Morgan fingerprint density at radius 1 is 0.857 bits per heavy atom. The Morgan fingerprint density at radius 3 is 0.857 bits per heavy atom. The van der Waals surface area contributed by atoms with Crippen LogP contribution in [0.5, 0.6) is 0 Å². The minimum Gasteiger partial charge on any atom is -0.368 e. The van der Waals surface area contributed by atoms with Gasteiger partial charge < -0.3 is 19.2 Å². The van der Waals surface area contributed by atoms with Gasteiger partial charge >= 0.3 is 9.05 Å². The van der Waals surface area contributed by atoms with Crippen molar-refractivity contribution >= 4 is 27.0 Å². The fourth-order valence-electron chi connectivity index (χ4n) is 0. The Balaban J connectivity index is -0.0000000800. The zero-order valence-corrected chi connectivity index (χ0v) is 7.07. The number of rotatable bonds is 0. The van der Waals surface area contributed by atoms with E-state index in [1.165, 1.54) is 0 Å². The Bertz CT molecular complexity index is 27.2. The van der Waals surface area contributed by atoms with Crippen molar-refractivity contribution in [1.82, 2.24) is 0 Å². The molecule has 0 unspecified atom stereocenters. The van der Waals surface area contributed by atoms with Crippen molar-refractivity contribution in [1.29, 1.82) is 0 Å². The van der Waals surface area contributed by atoms with Gasteiger partial charge in [0.2, 0.25) is 0 Å². The molecule has 4 nitrogen and oxygen atoms in total. The summed E-state index contributed by atoms with van der Waals surface area (Å²) in [6.07, 6.45) is 0. The van der Waals surface area contributed by atoms with Crippen LogP contribution in [0, 0.1) is 0 Å². The van der Waals surface area contributed by atoms with Crippen LogP contribution in [-0.2, 0) is 17.1 Å². The summed E-state index contributed by atoms with van der Waals surface area (Å²) in [5.74, 6) is 0. The first-order chi connectivity index (χ1) is 2.00. The van der Waals surface area contributed by atoms with E-state index in [2.05, 4.69) is 0 Å². The monoisotopic (exact) mass is 227 g/mol. The van der Waals surface area contributed by atoms with E-state index in [1.54, 1.807) is 0 Å². The molecule has 0 aromatic heterocycles. The van der Waals surface area contributed by atoms with E-state index in [0.29, 0.717) is 0 Å². The predicted molar refractivity (Wildman–Crippen MR) is 20.4 cm³/mol. The molecule has 0 saturated heterocycles. The molecular formula is H4AsFeO4Si. The second-order valence-corrected chi connectivity index (χ2v) is 1.80. The second kappa shape index (κ2) is 5.27. The first-order valence-electron chi connectivity index (χ1n) is 0.894. The largest absolute Gasteiger partial charge is 0.668 e. The molecule has 0 amide bonds. The van der Waals surface area contributed by atoms with Gasteiger partial charge in [0.15, 0.2) is 0 Å². The van der Waals surface area contributed by atoms with Gasteiger partial charge in [-0.2, -0.15) is 0 Å². The molecule has 0 aliphatic heterocycles. The van der Waals surface area contributed by atoms with E-state index < -0.39 is 9.05 Å². The Labute approximate surface area is 63.5 Å². The molecule has 0 saturated carbocycles. The summed E-state index contributed by atoms with van der Waals surface area (Å²) in [5.41, 5.74) is 0. The Morgan fingerprint density at radius 2 is 0.857 bits per heavy atom. The van der Waals surface area contributed by atoms with Crippen LogP contribution in [0.3, 0.4) is 0 Å². The van der Waals surface area contributed by atoms with Gasteiger partial charge in [-0.15, -0.1) is 0 Å². The maximum atomic E-state index is 7.33. The molecule has 45 valence electrons. The van der Waals surface area contributed by atoms with Crippen molar-refractivity contribution in [2.75, 3.05) is 0 Å². The van der Waals surface area contributed by atoms with Crippen LogP contribution in [0.25, 0.3) is 0 Å². The normalized spacial score (nSPS) is 8.57. The summed E-state index contributed by atoms with van der Waals surface area (Å²) in [4.78, 5) is 29.3. The number of hydrogen-bond donors (Lipinski definition) is 4. The molecule has 0 atom stereocenters. The molecule has 7 heteroatoms. The standard InChI is InChI=1S/As.Fe.H4O4Si/c;;1-5(2,3)4/h;;1-4H. The zero-order chi connectivity index (χ0) is 4.50. The molecular weight excluding hydrogens is 223 g/mol. The van der Waals surface area contributed by atoms with Gasteiger partial charge in [0.05, 0.1) is 0 Å². The summed E-state index contributed by atoms with van der Waals surface area (Å²) < 4.78 is 0. The van der Waals surface area contributed by atoms with Gasteiger partial charge in [-0.05, 0) is 0 Å². The van der Waals surface area contributed by atoms with E-state index in [1.807, 2.05) is 0 Å². The SMILES string of the molecule is O[Si](O)(O)O.[As].[Fe]. The maximum Gasteiger partial charge on any atom is 0.668 e. The van der Waals surface area contributed by atoms with Crippen molar-refractivity contribution in [3.63, 3.8) is 0 Å². The van der Waals surface area contributed by atoms with Gasteiger partial charge in [-0.25, -0.2) is 0 Å². The molecule has 0 aromatic carbocycles. The first kappa shape index (κ1) is 15.7. The number of hydrogen-bond acceptors (Lipinski definition) is 4. The van der Waals surface area contributed by atoms with E-state index in [4.69, 9.17) is 19.2 Å². The van der Waals surface area contributed by atoms with Crippen LogP contribution in [0.4, 0.5) is 0 Å². The molecule has 0 heterocycles. The van der Waals surface area contributed by atoms with Gasteiger partial charge in [-0.1, -0.05) is 0 Å². The minimum absolute atomic E-state index is 0. The average Bonchev–Trinajstić information content (AvgIpc) is 0.722. The van der Waals surface area contributed by atoms with Crippen molar-refractivity contribution in [2.45, 2.75) is 0 Å². The molecule has 3 radical (unpaired) electrons. The Kier molecular flexibility index (Phi) is 11.8. The summed E-state index contributed by atoms with van der Waals surface area (Å²) in [7, 11) is -4.61. The molecule has 0 aliphatic rings. The third-order valence-corrected chi connectivity index (χ3v) is 0. The molecule has 0 fully saturated rings. The summed E-state index contributed by atoms with van der Waals surface area (Å²) in [6, 6.07) is 0. The molecule has 4 N–H and O–H groups in total. The topological polar surface area (TPSA) is 80.9 Å². The summed E-state index contributed by atoms with van der Waals surface area (Å²) in [6.45, 7) is 0. The maximum absolute atomic E-state index is 7.33. The molecule has 0 bridgehead atoms. The fraction of sp³-hybridized carbons (Fsp3) is 0. The van der Waals surface area contributed by atoms with E-state index in [-0.39, 0.29) is 35.0 Å². The van der Waals surface area contributed by atoms with Crippen LogP contribution in [0.15, 0.2) is 0 Å². The summed E-state index contributed by atoms with van der Waals surface area (Å²) >= 11 is 0. The fourth-order valence-corrected chi connectivity index (χ4v) is 0. The van der Waals surface area contributed by atoms with Crippen molar-refractivity contribution < 1.29 is 36.3 Å². The van der Waals surface area contributed by atoms with Crippen LogP contribution in [-0.4, -0.2) is 46.2 Å². The van der Waals surface area contributed by atoms with E-state index >= 15 is 0 Å². The zero-order valence-electron chi connectivity index (χ0n) is 3.09. The first-order valence-corrected chi connectivity index (χ1v) is 2.68. The van der Waals surface area contributed by atoms with E-state index in [0.717, 1.165) is 0 Å². The van der Waals surface area contributed by atoms with Gasteiger partial charge in [0.1, 0.15) is 0 Å². The van der Waals surface area contributed by atoms with Gasteiger partial charge in [-0.3, -0.25) is 0 Å². The second-order valence-electron chi connectivity index (χ2n) is 0.600. The smallest absolute Gasteiger partial charge is 0.368 e. The van der Waals surface area contributed by atoms with Crippen LogP contribution < -0.4 is 0 Å². The molecule has 7 heavy (non-hydrogen) atoms. The van der Waals surface area contributed by atoms with Crippen molar-refractivity contribution in [2.24, 2.45) is 0 Å². The minimum atomic E-state index is -4.61. The third-order valence-electron chi connectivity index (χ3n) is 0. The average molecular weight is 227 g/mol.